The van der Waals surface area contributed by atoms with Gasteiger partial charge in [0.1, 0.15) is 0 Å². The molecule has 0 radical (unpaired) electrons. The van der Waals surface area contributed by atoms with Crippen LogP contribution < -0.4 is 5.32 Å². The van der Waals surface area contributed by atoms with Gasteiger partial charge in [-0.2, -0.15) is 0 Å². The van der Waals surface area contributed by atoms with E-state index in [4.69, 9.17) is 4.74 Å². The normalized spacial score (nSPS) is 22.6. The minimum atomic E-state index is -0.377. The summed E-state index contributed by atoms with van der Waals surface area (Å²) >= 11 is 3.17. The van der Waals surface area contributed by atoms with E-state index >= 15 is 0 Å². The highest BCUT2D eigenvalue weighted by molar-refractivity contribution is 9.10. The molecule has 1 aromatic carbocycles. The van der Waals surface area contributed by atoms with Crippen LogP contribution in [0.3, 0.4) is 0 Å². The molecule has 98 valence electrons. The fourth-order valence-electron chi connectivity index (χ4n) is 2.00. The van der Waals surface area contributed by atoms with Crippen LogP contribution >= 0.6 is 15.9 Å². The van der Waals surface area contributed by atoms with Crippen molar-refractivity contribution in [1.29, 1.82) is 0 Å². The fraction of sp³-hybridized carbons (Fsp3) is 0.500. The predicted octanol–water partition coefficient (Wildman–Crippen LogP) is 2.62. The summed E-state index contributed by atoms with van der Waals surface area (Å²) in [5.74, 6) is 0. The summed E-state index contributed by atoms with van der Waals surface area (Å²) in [6.45, 7) is 0.648. The van der Waals surface area contributed by atoms with Crippen molar-refractivity contribution in [3.05, 3.63) is 38.3 Å². The van der Waals surface area contributed by atoms with E-state index in [1.54, 1.807) is 19.2 Å². The Morgan fingerprint density at radius 3 is 2.89 bits per heavy atom. The molecule has 0 spiro atoms. The predicted molar refractivity (Wildman–Crippen MR) is 71.5 cm³/mol. The molecule has 1 saturated carbocycles. The molecule has 0 amide bonds. The lowest BCUT2D eigenvalue weighted by molar-refractivity contribution is -0.385. The maximum Gasteiger partial charge on any atom is 0.283 e. The molecule has 1 aromatic rings. The van der Waals surface area contributed by atoms with Gasteiger partial charge in [0.05, 0.1) is 15.5 Å². The zero-order valence-corrected chi connectivity index (χ0v) is 11.6. The van der Waals surface area contributed by atoms with Crippen molar-refractivity contribution in [2.45, 2.75) is 31.5 Å². The zero-order chi connectivity index (χ0) is 13.1. The maximum absolute atomic E-state index is 10.8. The van der Waals surface area contributed by atoms with Crippen LogP contribution in [0.15, 0.2) is 22.7 Å². The van der Waals surface area contributed by atoms with Gasteiger partial charge in [-0.05, 0) is 40.4 Å². The highest BCUT2D eigenvalue weighted by atomic mass is 79.9. The monoisotopic (exact) mass is 314 g/mol. The number of methoxy groups -OCH3 is 1. The van der Waals surface area contributed by atoms with Gasteiger partial charge in [0, 0.05) is 25.8 Å². The highest BCUT2D eigenvalue weighted by Crippen LogP contribution is 2.26. The van der Waals surface area contributed by atoms with Crippen molar-refractivity contribution in [3.63, 3.8) is 0 Å². The Morgan fingerprint density at radius 2 is 2.28 bits per heavy atom. The summed E-state index contributed by atoms with van der Waals surface area (Å²) in [6, 6.07) is 5.66. The van der Waals surface area contributed by atoms with Crippen molar-refractivity contribution in [3.8, 4) is 0 Å². The first kappa shape index (κ1) is 13.5. The van der Waals surface area contributed by atoms with Crippen LogP contribution in [0.4, 0.5) is 5.69 Å². The molecule has 1 aliphatic rings. The SMILES string of the molecule is COC1CC(NCc2ccc(Br)c([N+](=O)[O-])c2)C1. The number of nitro benzene ring substituents is 1. The van der Waals surface area contributed by atoms with E-state index in [0.717, 1.165) is 18.4 Å². The molecule has 0 aliphatic heterocycles. The van der Waals surface area contributed by atoms with Crippen LogP contribution in [0.5, 0.6) is 0 Å². The van der Waals surface area contributed by atoms with Crippen LogP contribution in [-0.2, 0) is 11.3 Å². The maximum atomic E-state index is 10.8. The number of hydrogen-bond donors (Lipinski definition) is 1. The number of nitro groups is 1. The molecular formula is C12H15BrN2O3. The number of halogens is 1. The van der Waals surface area contributed by atoms with Crippen molar-refractivity contribution >= 4 is 21.6 Å². The molecule has 0 bridgehead atoms. The van der Waals surface area contributed by atoms with Crippen LogP contribution in [0.1, 0.15) is 18.4 Å². The van der Waals surface area contributed by atoms with E-state index in [9.17, 15) is 10.1 Å². The van der Waals surface area contributed by atoms with Crippen molar-refractivity contribution < 1.29 is 9.66 Å². The molecule has 18 heavy (non-hydrogen) atoms. The Hall–Kier alpha value is -0.980. The number of ether oxygens (including phenoxy) is 1. The van der Waals surface area contributed by atoms with E-state index in [1.165, 1.54) is 0 Å². The minimum absolute atomic E-state index is 0.109. The molecule has 0 heterocycles. The van der Waals surface area contributed by atoms with Gasteiger partial charge in [-0.3, -0.25) is 10.1 Å². The standard InChI is InChI=1S/C12H15BrN2O3/c1-18-10-5-9(6-10)14-7-8-2-3-11(13)12(4-8)15(16)17/h2-4,9-10,14H,5-7H2,1H3. The van der Waals surface area contributed by atoms with E-state index in [1.807, 2.05) is 6.07 Å². The third-order valence-electron chi connectivity index (χ3n) is 3.23. The molecule has 0 unspecified atom stereocenters. The molecule has 1 fully saturated rings. The largest absolute Gasteiger partial charge is 0.381 e. The van der Waals surface area contributed by atoms with Crippen LogP contribution in [0, 0.1) is 10.1 Å². The summed E-state index contributed by atoms with van der Waals surface area (Å²) in [5, 5.41) is 14.2. The molecule has 0 aromatic heterocycles. The summed E-state index contributed by atoms with van der Waals surface area (Å²) in [4.78, 5) is 10.4. The molecule has 0 atom stereocenters. The topological polar surface area (TPSA) is 64.4 Å². The van der Waals surface area contributed by atoms with Gasteiger partial charge in [-0.1, -0.05) is 6.07 Å². The summed E-state index contributed by atoms with van der Waals surface area (Å²) in [7, 11) is 1.72. The quantitative estimate of drug-likeness (QED) is 0.670. The average Bonchev–Trinajstić information content (AvgIpc) is 2.29. The lowest BCUT2D eigenvalue weighted by Crippen LogP contribution is -2.44. The van der Waals surface area contributed by atoms with Crippen molar-refractivity contribution in [2.24, 2.45) is 0 Å². The summed E-state index contributed by atoms with van der Waals surface area (Å²) < 4.78 is 5.71. The van der Waals surface area contributed by atoms with Crippen LogP contribution in [0.2, 0.25) is 0 Å². The lowest BCUT2D eigenvalue weighted by Gasteiger charge is -2.34. The molecule has 1 aliphatic carbocycles. The Labute approximate surface area is 114 Å². The lowest BCUT2D eigenvalue weighted by atomic mass is 9.89. The third-order valence-corrected chi connectivity index (χ3v) is 3.90. The molecule has 1 N–H and O–H groups in total. The second-order valence-corrected chi connectivity index (χ2v) is 5.30. The first-order valence-electron chi connectivity index (χ1n) is 5.79. The van der Waals surface area contributed by atoms with Gasteiger partial charge >= 0.3 is 0 Å². The fourth-order valence-corrected chi connectivity index (χ4v) is 2.39. The Balaban J connectivity index is 1.90. The molecule has 6 heteroatoms. The van der Waals surface area contributed by atoms with Crippen LogP contribution in [-0.4, -0.2) is 24.2 Å². The number of nitrogens with zero attached hydrogens (tertiary/aromatic N) is 1. The number of hydrogen-bond acceptors (Lipinski definition) is 4. The average molecular weight is 315 g/mol. The van der Waals surface area contributed by atoms with E-state index < -0.39 is 0 Å². The zero-order valence-electron chi connectivity index (χ0n) is 10.1. The summed E-state index contributed by atoms with van der Waals surface area (Å²) in [6.07, 6.45) is 2.38. The van der Waals surface area contributed by atoms with Gasteiger partial charge in [0.2, 0.25) is 0 Å². The Kier molecular flexibility index (Phi) is 4.31. The van der Waals surface area contributed by atoms with Crippen molar-refractivity contribution in [1.82, 2.24) is 5.32 Å². The molecule has 5 nitrogen and oxygen atoms in total. The van der Waals surface area contributed by atoms with Gasteiger partial charge < -0.3 is 10.1 Å². The third kappa shape index (κ3) is 3.07. The minimum Gasteiger partial charge on any atom is -0.381 e. The number of benzene rings is 1. The van der Waals surface area contributed by atoms with E-state index in [-0.39, 0.29) is 10.6 Å². The Morgan fingerprint density at radius 1 is 1.56 bits per heavy atom. The van der Waals surface area contributed by atoms with Gasteiger partial charge in [0.25, 0.3) is 5.69 Å². The molecular weight excluding hydrogens is 300 g/mol. The number of nitrogens with one attached hydrogen (secondary N) is 1. The van der Waals surface area contributed by atoms with Gasteiger partial charge in [-0.25, -0.2) is 0 Å². The van der Waals surface area contributed by atoms with Gasteiger partial charge in [0.15, 0.2) is 0 Å². The number of rotatable bonds is 5. The highest BCUT2D eigenvalue weighted by Gasteiger charge is 2.28. The second kappa shape index (κ2) is 5.77. The van der Waals surface area contributed by atoms with Gasteiger partial charge in [-0.15, -0.1) is 0 Å². The van der Waals surface area contributed by atoms with E-state index in [0.29, 0.717) is 23.2 Å². The second-order valence-electron chi connectivity index (χ2n) is 4.45. The Bertz CT molecular complexity index is 447. The van der Waals surface area contributed by atoms with Crippen molar-refractivity contribution in [2.75, 3.05) is 7.11 Å². The molecule has 0 saturated heterocycles. The molecule has 2 rings (SSSR count). The van der Waals surface area contributed by atoms with E-state index in [2.05, 4.69) is 21.2 Å². The first-order valence-corrected chi connectivity index (χ1v) is 6.58. The first-order chi connectivity index (χ1) is 8.60. The van der Waals surface area contributed by atoms with Crippen LogP contribution in [0.25, 0.3) is 0 Å². The smallest absolute Gasteiger partial charge is 0.283 e. The summed E-state index contributed by atoms with van der Waals surface area (Å²) in [5.41, 5.74) is 1.03.